The Balaban J connectivity index is 2.01. The SMILES string of the molecule is CSc1nc2ncc(C#N)c(N(C3=COCO3)c3cccc(Cl)c3)c2s1. The Morgan fingerprint density at radius 3 is 3.00 bits per heavy atom. The molecule has 0 N–H and O–H groups in total. The fourth-order valence-corrected chi connectivity index (χ4v) is 4.31. The van der Waals surface area contributed by atoms with Crippen LogP contribution >= 0.6 is 34.7 Å². The van der Waals surface area contributed by atoms with Crippen molar-refractivity contribution in [1.82, 2.24) is 9.97 Å². The molecule has 0 unspecified atom stereocenters. The number of ether oxygens (including phenoxy) is 2. The van der Waals surface area contributed by atoms with E-state index < -0.39 is 0 Å². The van der Waals surface area contributed by atoms with Crippen LogP contribution in [0, 0.1) is 11.3 Å². The van der Waals surface area contributed by atoms with E-state index in [-0.39, 0.29) is 6.79 Å². The molecule has 1 aliphatic heterocycles. The first-order chi connectivity index (χ1) is 12.7. The fraction of sp³-hybridized carbons (Fsp3) is 0.118. The minimum Gasteiger partial charge on any atom is -0.459 e. The van der Waals surface area contributed by atoms with Gasteiger partial charge in [-0.05, 0) is 24.5 Å². The average Bonchev–Trinajstić information content (AvgIpc) is 3.31. The van der Waals surface area contributed by atoms with Crippen LogP contribution in [0.25, 0.3) is 10.3 Å². The summed E-state index contributed by atoms with van der Waals surface area (Å²) in [6.45, 7) is 0.112. The number of fused-ring (bicyclic) bond motifs is 1. The average molecular weight is 403 g/mol. The van der Waals surface area contributed by atoms with Crippen LogP contribution in [0.4, 0.5) is 11.4 Å². The maximum absolute atomic E-state index is 9.68. The highest BCUT2D eigenvalue weighted by Gasteiger charge is 2.27. The van der Waals surface area contributed by atoms with Crippen LogP contribution < -0.4 is 4.90 Å². The smallest absolute Gasteiger partial charge is 0.237 e. The molecule has 26 heavy (non-hydrogen) atoms. The molecule has 0 bridgehead atoms. The Morgan fingerprint density at radius 2 is 2.31 bits per heavy atom. The Bertz CT molecular complexity index is 1060. The molecule has 3 aromatic rings. The first kappa shape index (κ1) is 17.0. The minimum atomic E-state index is 0.112. The number of hydrogen-bond donors (Lipinski definition) is 0. The summed E-state index contributed by atoms with van der Waals surface area (Å²) in [6, 6.07) is 9.53. The quantitative estimate of drug-likeness (QED) is 0.576. The maximum Gasteiger partial charge on any atom is 0.237 e. The summed E-state index contributed by atoms with van der Waals surface area (Å²) in [5, 5.41) is 10.3. The van der Waals surface area contributed by atoms with E-state index in [1.807, 2.05) is 23.3 Å². The minimum absolute atomic E-state index is 0.112. The maximum atomic E-state index is 9.68. The molecule has 4 rings (SSSR count). The van der Waals surface area contributed by atoms with Crippen molar-refractivity contribution in [3.05, 3.63) is 53.2 Å². The van der Waals surface area contributed by atoms with Crippen LogP contribution in [0.2, 0.25) is 5.02 Å². The number of thiazole rings is 1. The van der Waals surface area contributed by atoms with Gasteiger partial charge in [-0.3, -0.25) is 4.90 Å². The molecule has 0 aliphatic carbocycles. The zero-order chi connectivity index (χ0) is 18.1. The van der Waals surface area contributed by atoms with Gasteiger partial charge in [-0.15, -0.1) is 11.3 Å². The van der Waals surface area contributed by atoms with Gasteiger partial charge >= 0.3 is 0 Å². The fourth-order valence-electron chi connectivity index (χ4n) is 2.57. The van der Waals surface area contributed by atoms with Crippen LogP contribution in [0.5, 0.6) is 0 Å². The standard InChI is InChI=1S/C17H11ClN4O2S2/c1-25-17-21-16-15(26-17)14(10(6-19)7-20-16)22(13-8-23-9-24-13)12-4-2-3-11(18)5-12/h2-5,7-8H,9H2,1H3. The molecule has 0 radical (unpaired) electrons. The highest BCUT2D eigenvalue weighted by Crippen LogP contribution is 2.42. The number of thioether (sulfide) groups is 1. The van der Waals surface area contributed by atoms with Crippen molar-refractivity contribution in [2.45, 2.75) is 4.34 Å². The van der Waals surface area contributed by atoms with Crippen molar-refractivity contribution in [1.29, 1.82) is 5.26 Å². The van der Waals surface area contributed by atoms with Gasteiger partial charge in [-0.1, -0.05) is 29.4 Å². The summed E-state index contributed by atoms with van der Waals surface area (Å²) in [5.41, 5.74) is 2.39. The number of halogens is 1. The number of aromatic nitrogens is 2. The van der Waals surface area contributed by atoms with Gasteiger partial charge in [-0.2, -0.15) is 5.26 Å². The predicted octanol–water partition coefficient (Wildman–Crippen LogP) is 4.88. The molecule has 6 nitrogen and oxygen atoms in total. The van der Waals surface area contributed by atoms with Crippen LogP contribution in [0.3, 0.4) is 0 Å². The molecule has 1 aliphatic rings. The topological polar surface area (TPSA) is 71.3 Å². The zero-order valence-corrected chi connectivity index (χ0v) is 15.9. The van der Waals surface area contributed by atoms with Gasteiger partial charge in [0.25, 0.3) is 0 Å². The first-order valence-corrected chi connectivity index (χ1v) is 9.87. The van der Waals surface area contributed by atoms with Crippen LogP contribution in [-0.2, 0) is 9.47 Å². The Hall–Kier alpha value is -2.47. The highest BCUT2D eigenvalue weighted by atomic mass is 35.5. The molecule has 0 atom stereocenters. The third-order valence-corrected chi connectivity index (χ3v) is 5.91. The second kappa shape index (κ2) is 7.03. The molecule has 9 heteroatoms. The van der Waals surface area contributed by atoms with Crippen molar-refractivity contribution < 1.29 is 9.47 Å². The molecule has 3 heterocycles. The second-order valence-electron chi connectivity index (χ2n) is 5.17. The van der Waals surface area contributed by atoms with Crippen LogP contribution in [0.1, 0.15) is 5.56 Å². The van der Waals surface area contributed by atoms with Crippen molar-refractivity contribution in [3.8, 4) is 6.07 Å². The largest absolute Gasteiger partial charge is 0.459 e. The van der Waals surface area contributed by atoms with Crippen molar-refractivity contribution in [2.75, 3.05) is 17.9 Å². The molecule has 0 saturated carbocycles. The van der Waals surface area contributed by atoms with Gasteiger partial charge in [0.1, 0.15) is 12.3 Å². The molecular weight excluding hydrogens is 392 g/mol. The lowest BCUT2D eigenvalue weighted by Crippen LogP contribution is -2.18. The first-order valence-electron chi connectivity index (χ1n) is 7.45. The Labute approximate surface area is 162 Å². The number of pyridine rings is 1. The van der Waals surface area contributed by atoms with E-state index in [1.54, 1.807) is 12.1 Å². The zero-order valence-electron chi connectivity index (χ0n) is 13.5. The molecule has 0 saturated heterocycles. The van der Waals surface area contributed by atoms with Gasteiger partial charge in [0.2, 0.25) is 12.7 Å². The lowest BCUT2D eigenvalue weighted by atomic mass is 10.2. The van der Waals surface area contributed by atoms with E-state index in [4.69, 9.17) is 21.1 Å². The molecule has 2 aromatic heterocycles. The summed E-state index contributed by atoms with van der Waals surface area (Å²) < 4.78 is 12.5. The molecule has 130 valence electrons. The second-order valence-corrected chi connectivity index (χ2v) is 7.66. The van der Waals surface area contributed by atoms with E-state index in [1.165, 1.54) is 35.6 Å². The van der Waals surface area contributed by atoms with E-state index in [9.17, 15) is 5.26 Å². The third-order valence-electron chi connectivity index (χ3n) is 3.64. The molecule has 0 amide bonds. The number of hydrogen-bond acceptors (Lipinski definition) is 8. The predicted molar refractivity (Wildman–Crippen MR) is 103 cm³/mol. The van der Waals surface area contributed by atoms with Crippen LogP contribution in [-0.4, -0.2) is 23.0 Å². The lowest BCUT2D eigenvalue weighted by Gasteiger charge is -2.25. The number of nitriles is 1. The van der Waals surface area contributed by atoms with Gasteiger partial charge < -0.3 is 9.47 Å². The van der Waals surface area contributed by atoms with Crippen LogP contribution in [0.15, 0.2) is 46.9 Å². The van der Waals surface area contributed by atoms with Gasteiger partial charge in [-0.25, -0.2) is 9.97 Å². The van der Waals surface area contributed by atoms with Crippen molar-refractivity contribution in [3.63, 3.8) is 0 Å². The van der Waals surface area contributed by atoms with Crippen molar-refractivity contribution in [2.24, 2.45) is 0 Å². The molecule has 0 fully saturated rings. The summed E-state index contributed by atoms with van der Waals surface area (Å²) in [4.78, 5) is 10.6. The number of nitrogens with zero attached hydrogens (tertiary/aromatic N) is 4. The summed E-state index contributed by atoms with van der Waals surface area (Å²) in [7, 11) is 0. The molecule has 0 spiro atoms. The van der Waals surface area contributed by atoms with Gasteiger partial charge in [0, 0.05) is 11.2 Å². The summed E-state index contributed by atoms with van der Waals surface area (Å²) >= 11 is 9.21. The van der Waals surface area contributed by atoms with Crippen molar-refractivity contribution >= 4 is 56.4 Å². The van der Waals surface area contributed by atoms with E-state index in [0.29, 0.717) is 27.8 Å². The normalized spacial score (nSPS) is 13.0. The monoisotopic (exact) mass is 402 g/mol. The number of benzene rings is 1. The summed E-state index contributed by atoms with van der Waals surface area (Å²) in [6.07, 6.45) is 4.99. The summed E-state index contributed by atoms with van der Waals surface area (Å²) in [5.74, 6) is 0.468. The van der Waals surface area contributed by atoms with E-state index in [0.717, 1.165) is 14.7 Å². The van der Waals surface area contributed by atoms with Gasteiger partial charge in [0.05, 0.1) is 21.6 Å². The third kappa shape index (κ3) is 2.94. The van der Waals surface area contributed by atoms with E-state index >= 15 is 0 Å². The number of rotatable bonds is 4. The van der Waals surface area contributed by atoms with E-state index in [2.05, 4.69) is 16.0 Å². The number of anilines is 2. The van der Waals surface area contributed by atoms with Gasteiger partial charge in [0.15, 0.2) is 9.99 Å². The Kier molecular flexibility index (Phi) is 4.59. The lowest BCUT2D eigenvalue weighted by molar-refractivity contribution is 0.0798. The Morgan fingerprint density at radius 1 is 1.42 bits per heavy atom. The molecule has 1 aromatic carbocycles. The highest BCUT2D eigenvalue weighted by molar-refractivity contribution is 8.00. The molecular formula is C17H11ClN4O2S2.